The lowest BCUT2D eigenvalue weighted by atomic mass is 10.2. The lowest BCUT2D eigenvalue weighted by Crippen LogP contribution is -2.13. The van der Waals surface area contributed by atoms with Gasteiger partial charge in [-0.25, -0.2) is 0 Å². The topological polar surface area (TPSA) is 109 Å². The van der Waals surface area contributed by atoms with Crippen LogP contribution in [0, 0.1) is 0 Å². The largest absolute Gasteiger partial charge is 0.370 e. The zero-order valence-corrected chi connectivity index (χ0v) is 5.86. The highest BCUT2D eigenvalue weighted by molar-refractivity contribution is 5.85. The Hall–Kier alpha value is -1.55. The van der Waals surface area contributed by atoms with Crippen LogP contribution in [0.3, 0.4) is 0 Å². The molecule has 0 aromatic carbocycles. The molecule has 0 fully saturated rings. The van der Waals surface area contributed by atoms with Crippen molar-refractivity contribution in [1.82, 2.24) is 0 Å². The standard InChI is InChI=1S/C5H8N4O2/c6-5(11)2-1-4(10)3-8-9-7/h1-3H2,(H2,6,11). The molecule has 0 atom stereocenters. The van der Waals surface area contributed by atoms with Crippen molar-refractivity contribution in [2.45, 2.75) is 12.8 Å². The summed E-state index contributed by atoms with van der Waals surface area (Å²) in [4.78, 5) is 23.2. The number of carbonyl (C=O) groups excluding carboxylic acids is 2. The third-order valence-corrected chi connectivity index (χ3v) is 0.961. The Morgan fingerprint density at radius 2 is 2.09 bits per heavy atom. The maximum atomic E-state index is 10.6. The second-order valence-electron chi connectivity index (χ2n) is 1.89. The number of azide groups is 1. The van der Waals surface area contributed by atoms with Crippen LogP contribution >= 0.6 is 0 Å². The van der Waals surface area contributed by atoms with Crippen LogP contribution in [0.15, 0.2) is 5.11 Å². The van der Waals surface area contributed by atoms with Gasteiger partial charge in [-0.1, -0.05) is 5.11 Å². The molecule has 0 radical (unpaired) electrons. The summed E-state index contributed by atoms with van der Waals surface area (Å²) in [5.41, 5.74) is 12.6. The summed E-state index contributed by atoms with van der Waals surface area (Å²) in [6, 6.07) is 0. The highest BCUT2D eigenvalue weighted by Crippen LogP contribution is 1.90. The van der Waals surface area contributed by atoms with E-state index in [1.54, 1.807) is 0 Å². The average molecular weight is 156 g/mol. The van der Waals surface area contributed by atoms with E-state index < -0.39 is 5.91 Å². The zero-order valence-electron chi connectivity index (χ0n) is 5.86. The number of Topliss-reactive ketones (excluding diaryl/α,β-unsaturated/α-hetero) is 1. The van der Waals surface area contributed by atoms with Gasteiger partial charge in [0.1, 0.15) is 5.78 Å². The molecule has 11 heavy (non-hydrogen) atoms. The predicted molar refractivity (Wildman–Crippen MR) is 37.4 cm³/mol. The Kier molecular flexibility index (Phi) is 4.51. The molecule has 0 aliphatic rings. The predicted octanol–water partition coefficient (Wildman–Crippen LogP) is 0.131. The Bertz CT molecular complexity index is 207. The van der Waals surface area contributed by atoms with E-state index >= 15 is 0 Å². The lowest BCUT2D eigenvalue weighted by Gasteiger charge is -1.91. The van der Waals surface area contributed by atoms with Gasteiger partial charge in [-0.3, -0.25) is 9.59 Å². The first-order valence-corrected chi connectivity index (χ1v) is 2.97. The average Bonchev–Trinajstić information content (AvgIpc) is 1.97. The second-order valence-corrected chi connectivity index (χ2v) is 1.89. The number of rotatable bonds is 5. The Labute approximate surface area is 63.0 Å². The van der Waals surface area contributed by atoms with E-state index in [2.05, 4.69) is 10.0 Å². The summed E-state index contributed by atoms with van der Waals surface area (Å²) in [6.45, 7) is -0.205. The molecule has 60 valence electrons. The molecule has 0 aromatic heterocycles. The van der Waals surface area contributed by atoms with Crippen LogP contribution in [0.2, 0.25) is 0 Å². The van der Waals surface area contributed by atoms with E-state index in [1.807, 2.05) is 0 Å². The van der Waals surface area contributed by atoms with Crippen molar-refractivity contribution in [3.8, 4) is 0 Å². The van der Waals surface area contributed by atoms with E-state index in [0.29, 0.717) is 0 Å². The van der Waals surface area contributed by atoms with Gasteiger partial charge in [-0.05, 0) is 5.53 Å². The molecular weight excluding hydrogens is 148 g/mol. The highest BCUT2D eigenvalue weighted by atomic mass is 16.1. The molecule has 1 amide bonds. The number of nitrogens with zero attached hydrogens (tertiary/aromatic N) is 3. The first-order valence-electron chi connectivity index (χ1n) is 2.97. The molecule has 0 aromatic rings. The maximum absolute atomic E-state index is 10.6. The third-order valence-electron chi connectivity index (χ3n) is 0.961. The number of hydrogen-bond donors (Lipinski definition) is 1. The lowest BCUT2D eigenvalue weighted by molar-refractivity contribution is -0.123. The first-order chi connectivity index (χ1) is 5.16. The van der Waals surface area contributed by atoms with Gasteiger partial charge >= 0.3 is 0 Å². The fraction of sp³-hybridized carbons (Fsp3) is 0.600. The normalized spacial score (nSPS) is 8.36. The van der Waals surface area contributed by atoms with E-state index in [4.69, 9.17) is 11.3 Å². The van der Waals surface area contributed by atoms with Crippen LogP contribution in [0.5, 0.6) is 0 Å². The quantitative estimate of drug-likeness (QED) is 0.346. The molecule has 0 unspecified atom stereocenters. The van der Waals surface area contributed by atoms with Gasteiger partial charge in [0.25, 0.3) is 0 Å². The number of ketones is 1. The van der Waals surface area contributed by atoms with Crippen molar-refractivity contribution in [3.05, 3.63) is 10.4 Å². The molecule has 6 nitrogen and oxygen atoms in total. The van der Waals surface area contributed by atoms with Gasteiger partial charge in [0, 0.05) is 17.8 Å². The molecule has 2 N–H and O–H groups in total. The number of nitrogens with two attached hydrogens (primary N) is 1. The fourth-order valence-corrected chi connectivity index (χ4v) is 0.452. The fourth-order valence-electron chi connectivity index (χ4n) is 0.452. The van der Waals surface area contributed by atoms with Gasteiger partial charge in [-0.2, -0.15) is 0 Å². The van der Waals surface area contributed by atoms with Gasteiger partial charge in [0.2, 0.25) is 5.91 Å². The maximum Gasteiger partial charge on any atom is 0.217 e. The molecule has 0 spiro atoms. The van der Waals surface area contributed by atoms with Gasteiger partial charge in [-0.15, -0.1) is 0 Å². The first kappa shape index (κ1) is 9.45. The number of primary amides is 1. The van der Waals surface area contributed by atoms with Crippen molar-refractivity contribution >= 4 is 11.7 Å². The summed E-state index contributed by atoms with van der Waals surface area (Å²) in [7, 11) is 0. The van der Waals surface area contributed by atoms with Crippen molar-refractivity contribution < 1.29 is 9.59 Å². The Morgan fingerprint density at radius 1 is 1.45 bits per heavy atom. The molecule has 0 heterocycles. The van der Waals surface area contributed by atoms with Crippen LogP contribution in [0.4, 0.5) is 0 Å². The number of amides is 1. The highest BCUT2D eigenvalue weighted by Gasteiger charge is 2.01. The van der Waals surface area contributed by atoms with Crippen LogP contribution in [0.25, 0.3) is 10.4 Å². The molecule has 0 rings (SSSR count). The van der Waals surface area contributed by atoms with Crippen LogP contribution in [0.1, 0.15) is 12.8 Å². The summed E-state index contributed by atoms with van der Waals surface area (Å²) in [5, 5.41) is 3.03. The van der Waals surface area contributed by atoms with E-state index in [-0.39, 0.29) is 25.2 Å². The second kappa shape index (κ2) is 5.25. The molecule has 0 saturated heterocycles. The summed E-state index contributed by atoms with van der Waals surface area (Å²) in [5.74, 6) is -0.805. The van der Waals surface area contributed by atoms with E-state index in [1.165, 1.54) is 0 Å². The number of hydrogen-bond acceptors (Lipinski definition) is 3. The van der Waals surface area contributed by atoms with Crippen molar-refractivity contribution in [1.29, 1.82) is 0 Å². The van der Waals surface area contributed by atoms with E-state index in [0.717, 1.165) is 0 Å². The van der Waals surface area contributed by atoms with Gasteiger partial charge in [0.15, 0.2) is 0 Å². The van der Waals surface area contributed by atoms with Crippen LogP contribution < -0.4 is 5.73 Å². The third kappa shape index (κ3) is 6.33. The minimum Gasteiger partial charge on any atom is -0.370 e. The Morgan fingerprint density at radius 3 is 2.55 bits per heavy atom. The zero-order chi connectivity index (χ0) is 8.69. The SMILES string of the molecule is [N-]=[N+]=NCC(=O)CCC(N)=O. The summed E-state index contributed by atoms with van der Waals surface area (Å²) < 4.78 is 0. The van der Waals surface area contributed by atoms with Crippen molar-refractivity contribution in [3.63, 3.8) is 0 Å². The van der Waals surface area contributed by atoms with Crippen LogP contribution in [-0.4, -0.2) is 18.2 Å². The summed E-state index contributed by atoms with van der Waals surface area (Å²) in [6.07, 6.45) is 0.0636. The van der Waals surface area contributed by atoms with Crippen molar-refractivity contribution in [2.24, 2.45) is 10.8 Å². The molecule has 6 heteroatoms. The van der Waals surface area contributed by atoms with Gasteiger partial charge < -0.3 is 5.73 Å². The molecule has 0 aliphatic heterocycles. The molecule has 0 aliphatic carbocycles. The Balaban J connectivity index is 3.53. The van der Waals surface area contributed by atoms with Crippen LogP contribution in [-0.2, 0) is 9.59 Å². The molecular formula is C5H8N4O2. The number of carbonyl (C=O) groups is 2. The van der Waals surface area contributed by atoms with Crippen molar-refractivity contribution in [2.75, 3.05) is 6.54 Å². The minimum absolute atomic E-state index is 0.0137. The van der Waals surface area contributed by atoms with E-state index in [9.17, 15) is 9.59 Å². The minimum atomic E-state index is -0.528. The monoisotopic (exact) mass is 156 g/mol. The molecule has 0 saturated carbocycles. The molecule has 0 bridgehead atoms. The smallest absolute Gasteiger partial charge is 0.217 e. The summed E-state index contributed by atoms with van der Waals surface area (Å²) >= 11 is 0. The van der Waals surface area contributed by atoms with Gasteiger partial charge in [0.05, 0.1) is 6.54 Å².